The Bertz CT molecular complexity index is 820. The van der Waals surface area contributed by atoms with Crippen LogP contribution in [0.2, 0.25) is 0 Å². The second kappa shape index (κ2) is 6.42. The number of H-pyrrole nitrogens is 1. The van der Waals surface area contributed by atoms with E-state index < -0.39 is 0 Å². The van der Waals surface area contributed by atoms with E-state index in [0.29, 0.717) is 17.1 Å². The van der Waals surface area contributed by atoms with E-state index in [9.17, 15) is 4.79 Å². The Morgan fingerprint density at radius 2 is 1.86 bits per heavy atom. The van der Waals surface area contributed by atoms with Crippen molar-refractivity contribution in [2.24, 2.45) is 0 Å². The van der Waals surface area contributed by atoms with Gasteiger partial charge in [-0.3, -0.25) is 9.69 Å². The van der Waals surface area contributed by atoms with Crippen LogP contribution in [0.25, 0.3) is 10.2 Å². The molecular formula is C17H19N3OS. The van der Waals surface area contributed by atoms with Crippen molar-refractivity contribution < 1.29 is 0 Å². The second-order valence-electron chi connectivity index (χ2n) is 5.49. The van der Waals surface area contributed by atoms with Gasteiger partial charge in [-0.05, 0) is 36.0 Å². The van der Waals surface area contributed by atoms with Gasteiger partial charge in [-0.2, -0.15) is 0 Å². The summed E-state index contributed by atoms with van der Waals surface area (Å²) in [7, 11) is 2.03. The fourth-order valence-corrected chi connectivity index (χ4v) is 3.23. The predicted octanol–water partition coefficient (Wildman–Crippen LogP) is 3.18. The van der Waals surface area contributed by atoms with Crippen molar-refractivity contribution in [1.82, 2.24) is 14.9 Å². The third-order valence-corrected chi connectivity index (χ3v) is 4.57. The molecule has 0 atom stereocenters. The third-order valence-electron chi connectivity index (χ3n) is 3.67. The molecule has 0 bridgehead atoms. The summed E-state index contributed by atoms with van der Waals surface area (Å²) < 4.78 is 0.696. The third kappa shape index (κ3) is 3.26. The second-order valence-corrected chi connectivity index (χ2v) is 6.41. The minimum absolute atomic E-state index is 0.0456. The number of aryl methyl sites for hydroxylation is 1. The minimum Gasteiger partial charge on any atom is -0.308 e. The van der Waals surface area contributed by atoms with Crippen LogP contribution in [0.4, 0.5) is 0 Å². The van der Waals surface area contributed by atoms with Gasteiger partial charge in [0.15, 0.2) is 0 Å². The maximum Gasteiger partial charge on any atom is 0.268 e. The molecule has 1 aromatic carbocycles. The Morgan fingerprint density at radius 1 is 1.14 bits per heavy atom. The maximum atomic E-state index is 12.0. The van der Waals surface area contributed by atoms with E-state index in [2.05, 4.69) is 46.1 Å². The molecule has 0 unspecified atom stereocenters. The topological polar surface area (TPSA) is 49.0 Å². The molecule has 114 valence electrons. The average Bonchev–Trinajstić information content (AvgIpc) is 2.97. The lowest BCUT2D eigenvalue weighted by Crippen LogP contribution is -2.21. The van der Waals surface area contributed by atoms with Gasteiger partial charge in [-0.25, -0.2) is 4.98 Å². The molecule has 0 radical (unpaired) electrons. The quantitative estimate of drug-likeness (QED) is 0.787. The number of aromatic nitrogens is 2. The normalized spacial score (nSPS) is 11.4. The Hall–Kier alpha value is -1.98. The first-order valence-corrected chi connectivity index (χ1v) is 8.26. The van der Waals surface area contributed by atoms with Gasteiger partial charge >= 0.3 is 0 Å². The first-order chi connectivity index (χ1) is 10.7. The van der Waals surface area contributed by atoms with Crippen LogP contribution in [0.15, 0.2) is 40.5 Å². The highest BCUT2D eigenvalue weighted by atomic mass is 32.1. The summed E-state index contributed by atoms with van der Waals surface area (Å²) in [5.41, 5.74) is 3.35. The van der Waals surface area contributed by atoms with E-state index in [0.717, 1.165) is 18.5 Å². The molecule has 4 nitrogen and oxygen atoms in total. The summed E-state index contributed by atoms with van der Waals surface area (Å²) in [4.78, 5) is 21.5. The molecule has 2 heterocycles. The monoisotopic (exact) mass is 313 g/mol. The lowest BCUT2D eigenvalue weighted by atomic mass is 10.1. The van der Waals surface area contributed by atoms with E-state index >= 15 is 0 Å². The lowest BCUT2D eigenvalue weighted by Gasteiger charge is -2.16. The predicted molar refractivity (Wildman–Crippen MR) is 91.2 cm³/mol. The largest absolute Gasteiger partial charge is 0.308 e. The van der Waals surface area contributed by atoms with E-state index in [1.165, 1.54) is 22.5 Å². The van der Waals surface area contributed by atoms with Crippen molar-refractivity contribution in [2.45, 2.75) is 26.4 Å². The highest BCUT2D eigenvalue weighted by Crippen LogP contribution is 2.14. The molecule has 0 saturated carbocycles. The molecule has 0 aliphatic carbocycles. The van der Waals surface area contributed by atoms with Gasteiger partial charge in [0.2, 0.25) is 0 Å². The van der Waals surface area contributed by atoms with E-state index in [-0.39, 0.29) is 5.56 Å². The summed E-state index contributed by atoms with van der Waals surface area (Å²) in [6.07, 6.45) is 1.06. The highest BCUT2D eigenvalue weighted by molar-refractivity contribution is 7.17. The van der Waals surface area contributed by atoms with Crippen molar-refractivity contribution in [1.29, 1.82) is 0 Å². The standard InChI is InChI=1S/C17H19N3OS/c1-3-12-4-6-13(7-5-12)10-20(2)11-15-18-14-8-9-22-16(14)17(21)19-15/h4-9H,3,10-11H2,1-2H3,(H,18,19,21). The van der Waals surface area contributed by atoms with Crippen molar-refractivity contribution >= 4 is 21.6 Å². The molecule has 2 aromatic heterocycles. The van der Waals surface area contributed by atoms with E-state index in [4.69, 9.17) is 0 Å². The highest BCUT2D eigenvalue weighted by Gasteiger charge is 2.08. The number of rotatable bonds is 5. The summed E-state index contributed by atoms with van der Waals surface area (Å²) in [5.74, 6) is 0.712. The molecule has 5 heteroatoms. The minimum atomic E-state index is -0.0456. The van der Waals surface area contributed by atoms with Crippen molar-refractivity contribution in [3.8, 4) is 0 Å². The zero-order chi connectivity index (χ0) is 15.5. The fourth-order valence-electron chi connectivity index (χ4n) is 2.50. The molecule has 0 spiro atoms. The van der Waals surface area contributed by atoms with Crippen LogP contribution in [-0.4, -0.2) is 21.9 Å². The SMILES string of the molecule is CCc1ccc(CN(C)Cc2nc3ccsc3c(=O)[nH]2)cc1. The van der Waals surface area contributed by atoms with Gasteiger partial charge in [0.1, 0.15) is 10.5 Å². The average molecular weight is 313 g/mol. The fraction of sp³-hybridized carbons (Fsp3) is 0.294. The molecule has 0 saturated heterocycles. The number of fused-ring (bicyclic) bond motifs is 1. The number of hydrogen-bond acceptors (Lipinski definition) is 4. The van der Waals surface area contributed by atoms with Crippen LogP contribution in [0.1, 0.15) is 23.9 Å². The number of nitrogens with one attached hydrogen (secondary N) is 1. The summed E-state index contributed by atoms with van der Waals surface area (Å²) in [6.45, 7) is 3.61. The zero-order valence-electron chi connectivity index (χ0n) is 12.8. The number of thiophene rings is 1. The summed E-state index contributed by atoms with van der Waals surface area (Å²) >= 11 is 1.43. The molecule has 0 fully saturated rings. The number of benzene rings is 1. The lowest BCUT2D eigenvalue weighted by molar-refractivity contribution is 0.310. The summed E-state index contributed by atoms with van der Waals surface area (Å²) in [5, 5.41) is 1.90. The molecule has 3 rings (SSSR count). The van der Waals surface area contributed by atoms with Gasteiger partial charge in [0.25, 0.3) is 5.56 Å². The first-order valence-electron chi connectivity index (χ1n) is 7.38. The van der Waals surface area contributed by atoms with Gasteiger partial charge in [0, 0.05) is 6.54 Å². The molecule has 22 heavy (non-hydrogen) atoms. The molecule has 0 aliphatic heterocycles. The van der Waals surface area contributed by atoms with Crippen LogP contribution in [0.3, 0.4) is 0 Å². The smallest absolute Gasteiger partial charge is 0.268 e. The van der Waals surface area contributed by atoms with Crippen molar-refractivity contribution in [3.63, 3.8) is 0 Å². The number of hydrogen-bond donors (Lipinski definition) is 1. The summed E-state index contributed by atoms with van der Waals surface area (Å²) in [6, 6.07) is 10.5. The van der Waals surface area contributed by atoms with Crippen LogP contribution in [0, 0.1) is 0 Å². The zero-order valence-corrected chi connectivity index (χ0v) is 13.6. The van der Waals surface area contributed by atoms with Crippen molar-refractivity contribution in [3.05, 3.63) is 63.0 Å². The maximum absolute atomic E-state index is 12.0. The number of nitrogens with zero attached hydrogens (tertiary/aromatic N) is 2. The van der Waals surface area contributed by atoms with Crippen LogP contribution < -0.4 is 5.56 Å². The molecule has 1 N–H and O–H groups in total. The Labute approximate surface area is 133 Å². The molecule has 0 amide bonds. The van der Waals surface area contributed by atoms with E-state index in [1.807, 2.05) is 18.5 Å². The molecule has 0 aliphatic rings. The van der Waals surface area contributed by atoms with Crippen LogP contribution in [0.5, 0.6) is 0 Å². The molecule has 3 aromatic rings. The Balaban J connectivity index is 1.71. The van der Waals surface area contributed by atoms with E-state index in [1.54, 1.807) is 0 Å². The Kier molecular flexibility index (Phi) is 4.36. The van der Waals surface area contributed by atoms with Gasteiger partial charge < -0.3 is 4.98 Å². The first kappa shape index (κ1) is 14.9. The van der Waals surface area contributed by atoms with Gasteiger partial charge in [-0.1, -0.05) is 31.2 Å². The molecular weight excluding hydrogens is 294 g/mol. The van der Waals surface area contributed by atoms with Gasteiger partial charge in [0.05, 0.1) is 12.1 Å². The number of aromatic amines is 1. The Morgan fingerprint density at radius 3 is 2.59 bits per heavy atom. The van der Waals surface area contributed by atoms with Crippen LogP contribution in [-0.2, 0) is 19.5 Å². The van der Waals surface area contributed by atoms with Crippen molar-refractivity contribution in [2.75, 3.05) is 7.05 Å². The van der Waals surface area contributed by atoms with Gasteiger partial charge in [-0.15, -0.1) is 11.3 Å². The van der Waals surface area contributed by atoms with Crippen LogP contribution >= 0.6 is 11.3 Å².